The van der Waals surface area contributed by atoms with Gasteiger partial charge in [-0.1, -0.05) is 25.2 Å². The Labute approximate surface area is 146 Å². The molecule has 6 nitrogen and oxygen atoms in total. The molecule has 0 spiro atoms. The summed E-state index contributed by atoms with van der Waals surface area (Å²) >= 11 is 0. The summed E-state index contributed by atoms with van der Waals surface area (Å²) in [5, 5.41) is 8.04. The number of hydrogen-bond acceptors (Lipinski definition) is 5. The van der Waals surface area contributed by atoms with Gasteiger partial charge in [0.2, 0.25) is 0 Å². The SMILES string of the molecule is C=C(C)CO.C=CCCC(C)OC(=O)CC.CC(C)(C)OC(N)=O. The van der Waals surface area contributed by atoms with Gasteiger partial charge in [-0.05, 0) is 47.5 Å². The van der Waals surface area contributed by atoms with E-state index in [0.29, 0.717) is 6.42 Å². The van der Waals surface area contributed by atoms with Crippen LogP contribution in [-0.2, 0) is 14.3 Å². The second-order valence-electron chi connectivity index (χ2n) is 6.17. The third kappa shape index (κ3) is 32.2. The first-order chi connectivity index (χ1) is 10.9. The monoisotopic (exact) mass is 345 g/mol. The van der Waals surface area contributed by atoms with Crippen LogP contribution in [0.1, 0.15) is 60.8 Å². The van der Waals surface area contributed by atoms with Gasteiger partial charge in [-0.15, -0.1) is 6.58 Å². The van der Waals surface area contributed by atoms with Gasteiger partial charge in [-0.2, -0.15) is 0 Å². The number of aliphatic hydroxyl groups excluding tert-OH is 1. The first-order valence-electron chi connectivity index (χ1n) is 7.93. The third-order valence-corrected chi connectivity index (χ3v) is 2.08. The molecule has 0 saturated carbocycles. The minimum atomic E-state index is -0.725. The average Bonchev–Trinajstić information content (AvgIpc) is 2.43. The van der Waals surface area contributed by atoms with Crippen LogP contribution in [0.4, 0.5) is 4.79 Å². The maximum Gasteiger partial charge on any atom is 0.405 e. The molecule has 0 bridgehead atoms. The number of primary amides is 1. The molecule has 142 valence electrons. The fourth-order valence-electron chi connectivity index (χ4n) is 1.02. The molecule has 0 saturated heterocycles. The zero-order chi connectivity index (χ0) is 19.8. The van der Waals surface area contributed by atoms with Crippen LogP contribution in [0.15, 0.2) is 24.8 Å². The molecule has 0 aliphatic rings. The van der Waals surface area contributed by atoms with E-state index in [9.17, 15) is 9.59 Å². The van der Waals surface area contributed by atoms with Gasteiger partial charge in [0.15, 0.2) is 0 Å². The third-order valence-electron chi connectivity index (χ3n) is 2.08. The predicted molar refractivity (Wildman–Crippen MR) is 97.6 cm³/mol. The minimum absolute atomic E-state index is 0.0282. The molecule has 0 heterocycles. The summed E-state index contributed by atoms with van der Waals surface area (Å²) in [6, 6.07) is 0. The quantitative estimate of drug-likeness (QED) is 0.564. The zero-order valence-electron chi connectivity index (χ0n) is 16.1. The summed E-state index contributed by atoms with van der Waals surface area (Å²) in [6.45, 7) is 17.9. The summed E-state index contributed by atoms with van der Waals surface area (Å²) in [6.07, 6.45) is 3.36. The molecule has 24 heavy (non-hydrogen) atoms. The van der Waals surface area contributed by atoms with Crippen molar-refractivity contribution in [3.8, 4) is 0 Å². The van der Waals surface area contributed by atoms with E-state index in [-0.39, 0.29) is 18.7 Å². The van der Waals surface area contributed by atoms with Crippen LogP contribution in [0.2, 0.25) is 0 Å². The Kier molecular flexibility index (Phi) is 18.1. The van der Waals surface area contributed by atoms with Gasteiger partial charge in [0.1, 0.15) is 5.60 Å². The molecule has 1 unspecified atom stereocenters. The maximum atomic E-state index is 10.7. The highest BCUT2D eigenvalue weighted by Crippen LogP contribution is 2.05. The first-order valence-corrected chi connectivity index (χ1v) is 7.93. The lowest BCUT2D eigenvalue weighted by Crippen LogP contribution is -2.27. The molecule has 6 heteroatoms. The average molecular weight is 345 g/mol. The molecule has 0 aromatic heterocycles. The molecule has 0 rings (SSSR count). The standard InChI is InChI=1S/C9H16O2.C5H11NO2.C4H8O/c1-4-6-7-8(3)11-9(10)5-2;1-5(2,3)8-4(6)7;1-4(2)3-5/h4,8H,1,5-7H2,2-3H3;1-3H3,(H2,6,7);5H,1,3H2,2H3. The van der Waals surface area contributed by atoms with E-state index in [2.05, 4.69) is 17.9 Å². The number of carbonyl (C=O) groups is 2. The van der Waals surface area contributed by atoms with Gasteiger partial charge >= 0.3 is 12.1 Å². The van der Waals surface area contributed by atoms with E-state index in [1.807, 2.05) is 13.0 Å². The Balaban J connectivity index is -0.000000298. The number of nitrogens with two attached hydrogens (primary N) is 1. The van der Waals surface area contributed by atoms with Crippen LogP contribution >= 0.6 is 0 Å². The van der Waals surface area contributed by atoms with Crippen LogP contribution in [-0.4, -0.2) is 35.5 Å². The Morgan fingerprint density at radius 1 is 1.33 bits per heavy atom. The fourth-order valence-corrected chi connectivity index (χ4v) is 1.02. The van der Waals surface area contributed by atoms with E-state index in [4.69, 9.17) is 15.6 Å². The van der Waals surface area contributed by atoms with Gasteiger partial charge < -0.3 is 20.3 Å². The molecular formula is C18H35NO5. The molecule has 0 radical (unpaired) electrons. The smallest absolute Gasteiger partial charge is 0.405 e. The molecular weight excluding hydrogens is 310 g/mol. The summed E-state index contributed by atoms with van der Waals surface area (Å²) in [5.41, 5.74) is 5.08. The Bertz CT molecular complexity index is 372. The van der Waals surface area contributed by atoms with Crippen LogP contribution < -0.4 is 5.73 Å². The summed E-state index contributed by atoms with van der Waals surface area (Å²) in [7, 11) is 0. The van der Waals surface area contributed by atoms with Crippen LogP contribution in [0.25, 0.3) is 0 Å². The molecule has 1 atom stereocenters. The lowest BCUT2D eigenvalue weighted by Gasteiger charge is -2.16. The second kappa shape index (κ2) is 16.1. The molecule has 0 aromatic carbocycles. The van der Waals surface area contributed by atoms with Gasteiger partial charge in [-0.3, -0.25) is 4.79 Å². The molecule has 3 N–H and O–H groups in total. The number of carbonyl (C=O) groups excluding carboxylic acids is 2. The number of amides is 1. The Morgan fingerprint density at radius 3 is 2.00 bits per heavy atom. The van der Waals surface area contributed by atoms with Gasteiger partial charge in [0.25, 0.3) is 0 Å². The highest BCUT2D eigenvalue weighted by molar-refractivity contribution is 5.69. The van der Waals surface area contributed by atoms with Crippen molar-refractivity contribution in [1.29, 1.82) is 0 Å². The number of esters is 1. The van der Waals surface area contributed by atoms with Crippen molar-refractivity contribution in [1.82, 2.24) is 0 Å². The Morgan fingerprint density at radius 2 is 1.79 bits per heavy atom. The Hall–Kier alpha value is -1.82. The minimum Gasteiger partial charge on any atom is -0.463 e. The van der Waals surface area contributed by atoms with Crippen molar-refractivity contribution in [2.45, 2.75) is 72.5 Å². The summed E-state index contributed by atoms with van der Waals surface area (Å²) < 4.78 is 9.59. The zero-order valence-corrected chi connectivity index (χ0v) is 16.1. The van der Waals surface area contributed by atoms with Crippen molar-refractivity contribution in [3.05, 3.63) is 24.8 Å². The highest BCUT2D eigenvalue weighted by Gasteiger charge is 2.12. The number of rotatable bonds is 6. The van der Waals surface area contributed by atoms with Crippen LogP contribution in [0.5, 0.6) is 0 Å². The molecule has 0 aliphatic carbocycles. The molecule has 0 fully saturated rings. The van der Waals surface area contributed by atoms with E-state index in [0.717, 1.165) is 18.4 Å². The summed E-state index contributed by atoms with van der Waals surface area (Å²) in [5.74, 6) is -0.124. The van der Waals surface area contributed by atoms with Crippen molar-refractivity contribution in [2.75, 3.05) is 6.61 Å². The van der Waals surface area contributed by atoms with Gasteiger partial charge in [0, 0.05) is 6.42 Å². The maximum absolute atomic E-state index is 10.7. The number of allylic oxidation sites excluding steroid dienone is 1. The van der Waals surface area contributed by atoms with E-state index >= 15 is 0 Å². The lowest BCUT2D eigenvalue weighted by molar-refractivity contribution is -0.148. The van der Waals surface area contributed by atoms with E-state index in [1.165, 1.54) is 0 Å². The van der Waals surface area contributed by atoms with Gasteiger partial charge in [0.05, 0.1) is 12.7 Å². The van der Waals surface area contributed by atoms with E-state index < -0.39 is 11.7 Å². The number of ether oxygens (including phenoxy) is 2. The normalized spacial score (nSPS) is 10.8. The first kappa shape index (κ1) is 27.0. The van der Waals surface area contributed by atoms with Crippen molar-refractivity contribution in [2.24, 2.45) is 5.73 Å². The van der Waals surface area contributed by atoms with Crippen molar-refractivity contribution >= 4 is 12.1 Å². The second-order valence-corrected chi connectivity index (χ2v) is 6.17. The van der Waals surface area contributed by atoms with Crippen LogP contribution in [0, 0.1) is 0 Å². The molecule has 0 aliphatic heterocycles. The molecule has 1 amide bonds. The highest BCUT2D eigenvalue weighted by atomic mass is 16.6. The van der Waals surface area contributed by atoms with Crippen molar-refractivity contribution in [3.63, 3.8) is 0 Å². The van der Waals surface area contributed by atoms with Crippen LogP contribution in [0.3, 0.4) is 0 Å². The van der Waals surface area contributed by atoms with Crippen molar-refractivity contribution < 1.29 is 24.2 Å². The largest absolute Gasteiger partial charge is 0.463 e. The fraction of sp³-hybridized carbons (Fsp3) is 0.667. The molecule has 0 aromatic rings. The lowest BCUT2D eigenvalue weighted by atomic mass is 10.2. The van der Waals surface area contributed by atoms with E-state index in [1.54, 1.807) is 34.6 Å². The predicted octanol–water partition coefficient (Wildman–Crippen LogP) is 3.73. The van der Waals surface area contributed by atoms with Gasteiger partial charge in [-0.25, -0.2) is 4.79 Å². The topological polar surface area (TPSA) is 98.8 Å². The summed E-state index contributed by atoms with van der Waals surface area (Å²) in [4.78, 5) is 20.8. The number of hydrogen-bond donors (Lipinski definition) is 2. The number of aliphatic hydroxyl groups is 1.